The van der Waals surface area contributed by atoms with Crippen LogP contribution in [0.15, 0.2) is 11.6 Å². The second-order valence-corrected chi connectivity index (χ2v) is 10.8. The Balaban J connectivity index is 1.40. The van der Waals surface area contributed by atoms with Crippen molar-refractivity contribution in [3.05, 3.63) is 11.6 Å². The molecule has 28 heavy (non-hydrogen) atoms. The van der Waals surface area contributed by atoms with Crippen LogP contribution in [0.1, 0.15) is 71.6 Å². The van der Waals surface area contributed by atoms with Crippen molar-refractivity contribution in [2.45, 2.75) is 84.0 Å². The summed E-state index contributed by atoms with van der Waals surface area (Å²) in [5.41, 5.74) is 2.27. The van der Waals surface area contributed by atoms with E-state index in [-0.39, 0.29) is 29.7 Å². The van der Waals surface area contributed by atoms with Crippen LogP contribution in [-0.2, 0) is 14.3 Å². The maximum atomic E-state index is 12.0. The Hall–Kier alpha value is -0.870. The number of fused-ring (bicyclic) bond motifs is 5. The van der Waals surface area contributed by atoms with Crippen LogP contribution < -0.4 is 0 Å². The van der Waals surface area contributed by atoms with Gasteiger partial charge in [0.1, 0.15) is 0 Å². The highest BCUT2D eigenvalue weighted by Gasteiger charge is 2.59. The van der Waals surface area contributed by atoms with E-state index in [2.05, 4.69) is 19.9 Å². The van der Waals surface area contributed by atoms with Gasteiger partial charge in [0.15, 0.2) is 0 Å². The average molecular weight is 389 g/mol. The number of carbonyl (C=O) groups is 1. The Morgan fingerprint density at radius 1 is 1.14 bits per heavy atom. The summed E-state index contributed by atoms with van der Waals surface area (Å²) in [6, 6.07) is 0. The van der Waals surface area contributed by atoms with E-state index in [9.17, 15) is 9.90 Å². The maximum absolute atomic E-state index is 12.0. The number of hydrogen-bond donors (Lipinski definition) is 1. The van der Waals surface area contributed by atoms with Gasteiger partial charge in [-0.3, -0.25) is 4.79 Å². The maximum Gasteiger partial charge on any atom is 0.308 e. The van der Waals surface area contributed by atoms with Gasteiger partial charge >= 0.3 is 5.97 Å². The molecule has 0 amide bonds. The largest absolute Gasteiger partial charge is 0.435 e. The fourth-order valence-electron chi connectivity index (χ4n) is 8.35. The lowest BCUT2D eigenvalue weighted by Gasteiger charge is -2.59. The average Bonchev–Trinajstić information content (AvgIpc) is 3.21. The summed E-state index contributed by atoms with van der Waals surface area (Å²) in [6.07, 6.45) is 11.9. The number of ether oxygens (including phenoxy) is 2. The zero-order valence-corrected chi connectivity index (χ0v) is 17.7. The number of esters is 1. The predicted octanol–water partition coefficient (Wildman–Crippen LogP) is 4.46. The van der Waals surface area contributed by atoms with Crippen molar-refractivity contribution in [2.75, 3.05) is 7.11 Å². The molecular formula is C24H36O4. The second-order valence-electron chi connectivity index (χ2n) is 10.8. The highest BCUT2D eigenvalue weighted by atomic mass is 16.7. The lowest BCUT2D eigenvalue weighted by Crippen LogP contribution is -2.52. The third-order valence-corrected chi connectivity index (χ3v) is 9.86. The molecule has 1 saturated heterocycles. The summed E-state index contributed by atoms with van der Waals surface area (Å²) >= 11 is 0. The fraction of sp³-hybridized carbons (Fsp3) is 0.875. The van der Waals surface area contributed by atoms with Crippen LogP contribution in [-0.4, -0.2) is 30.6 Å². The number of carbonyl (C=O) groups excluding carboxylic acids is 1. The number of aliphatic hydroxyl groups excluding tert-OH is 1. The van der Waals surface area contributed by atoms with Crippen LogP contribution in [0.25, 0.3) is 0 Å². The zero-order chi connectivity index (χ0) is 19.7. The summed E-state index contributed by atoms with van der Waals surface area (Å²) in [4.78, 5) is 12.0. The van der Waals surface area contributed by atoms with Crippen molar-refractivity contribution < 1.29 is 19.4 Å². The summed E-state index contributed by atoms with van der Waals surface area (Å²) in [5, 5.41) is 10.2. The van der Waals surface area contributed by atoms with Crippen molar-refractivity contribution in [3.63, 3.8) is 0 Å². The van der Waals surface area contributed by atoms with Gasteiger partial charge in [-0.15, -0.1) is 0 Å². The Kier molecular flexibility index (Phi) is 4.48. The predicted molar refractivity (Wildman–Crippen MR) is 106 cm³/mol. The molecule has 0 aromatic rings. The SMILES string of the molecule is CO[C@@H]1OC(=O)C[C@@H]1[C@@H]1CC=C2[C@@H]3CC[C@@H]4C[C@H](O)CC[C@]4(C)[C@@H]3CC[C@@]21C. The number of aliphatic hydroxyl groups is 1. The summed E-state index contributed by atoms with van der Waals surface area (Å²) in [5.74, 6) is 2.69. The van der Waals surface area contributed by atoms with Crippen LogP contribution in [0.3, 0.4) is 0 Å². The van der Waals surface area contributed by atoms with E-state index in [1.165, 1.54) is 32.1 Å². The molecule has 1 aliphatic heterocycles. The molecular weight excluding hydrogens is 352 g/mol. The van der Waals surface area contributed by atoms with Crippen molar-refractivity contribution in [2.24, 2.45) is 40.4 Å². The van der Waals surface area contributed by atoms with E-state index in [1.54, 1.807) is 12.7 Å². The quantitative estimate of drug-likeness (QED) is 0.560. The Bertz CT molecular complexity index is 686. The lowest BCUT2D eigenvalue weighted by molar-refractivity contribution is -0.165. The van der Waals surface area contributed by atoms with Gasteiger partial charge in [-0.1, -0.05) is 25.5 Å². The summed E-state index contributed by atoms with van der Waals surface area (Å²) in [6.45, 7) is 4.99. The van der Waals surface area contributed by atoms with Gasteiger partial charge in [-0.05, 0) is 85.9 Å². The smallest absolute Gasteiger partial charge is 0.308 e. The van der Waals surface area contributed by atoms with E-state index in [4.69, 9.17) is 9.47 Å². The minimum absolute atomic E-state index is 0.0792. The van der Waals surface area contributed by atoms with Gasteiger partial charge in [0.25, 0.3) is 0 Å². The molecule has 1 N–H and O–H groups in total. The number of cyclic esters (lactones) is 1. The standard InChI is InChI=1S/C24H36O4/c1-23-10-8-15(25)12-14(23)4-5-16-18-6-7-19(24(18,2)11-9-20(16)23)17-13-21(26)28-22(17)27-3/h6,14-17,19-20,22,25H,4-5,7-13H2,1-3H3/t14-,15-,16+,17-,19+,20-,22-,23+,24+/m1/s1. The van der Waals surface area contributed by atoms with Gasteiger partial charge in [-0.25, -0.2) is 0 Å². The molecule has 4 nitrogen and oxygen atoms in total. The highest BCUT2D eigenvalue weighted by molar-refractivity contribution is 5.72. The van der Waals surface area contributed by atoms with Crippen molar-refractivity contribution in [1.29, 1.82) is 0 Å². The molecule has 1 heterocycles. The fourth-order valence-corrected chi connectivity index (χ4v) is 8.35. The first kappa shape index (κ1) is 19.1. The van der Waals surface area contributed by atoms with E-state index >= 15 is 0 Å². The van der Waals surface area contributed by atoms with Crippen LogP contribution in [0.2, 0.25) is 0 Å². The van der Waals surface area contributed by atoms with E-state index < -0.39 is 0 Å². The molecule has 4 fully saturated rings. The number of rotatable bonds is 2. The molecule has 5 rings (SSSR count). The van der Waals surface area contributed by atoms with E-state index in [1.807, 2.05) is 0 Å². The van der Waals surface area contributed by atoms with Crippen molar-refractivity contribution in [3.8, 4) is 0 Å². The first-order valence-electron chi connectivity index (χ1n) is 11.5. The summed E-state index contributed by atoms with van der Waals surface area (Å²) in [7, 11) is 1.67. The molecule has 3 saturated carbocycles. The van der Waals surface area contributed by atoms with Gasteiger partial charge in [0.05, 0.1) is 12.5 Å². The molecule has 9 atom stereocenters. The van der Waals surface area contributed by atoms with Crippen LogP contribution in [0.4, 0.5) is 0 Å². The van der Waals surface area contributed by atoms with Crippen LogP contribution >= 0.6 is 0 Å². The Morgan fingerprint density at radius 3 is 2.75 bits per heavy atom. The molecule has 0 unspecified atom stereocenters. The molecule has 0 aromatic heterocycles. The van der Waals surface area contributed by atoms with Gasteiger partial charge in [0, 0.05) is 13.0 Å². The molecule has 156 valence electrons. The van der Waals surface area contributed by atoms with Crippen molar-refractivity contribution >= 4 is 5.97 Å². The Morgan fingerprint density at radius 2 is 1.96 bits per heavy atom. The first-order chi connectivity index (χ1) is 13.4. The zero-order valence-electron chi connectivity index (χ0n) is 17.7. The normalized spacial score (nSPS) is 53.1. The van der Waals surface area contributed by atoms with Gasteiger partial charge in [0.2, 0.25) is 6.29 Å². The minimum atomic E-state index is -0.368. The molecule has 0 spiro atoms. The van der Waals surface area contributed by atoms with Crippen LogP contribution in [0, 0.1) is 40.4 Å². The Labute approximate surface area is 169 Å². The third kappa shape index (κ3) is 2.59. The lowest BCUT2D eigenvalue weighted by atomic mass is 9.45. The number of methoxy groups -OCH3 is 1. The molecule has 0 radical (unpaired) electrons. The number of allylic oxidation sites excluding steroid dienone is 2. The molecule has 5 aliphatic rings. The number of hydrogen-bond acceptors (Lipinski definition) is 4. The molecule has 0 aromatic carbocycles. The highest BCUT2D eigenvalue weighted by Crippen LogP contribution is 2.67. The van der Waals surface area contributed by atoms with E-state index in [0.717, 1.165) is 25.2 Å². The minimum Gasteiger partial charge on any atom is -0.435 e. The molecule has 4 heteroatoms. The first-order valence-corrected chi connectivity index (χ1v) is 11.5. The van der Waals surface area contributed by atoms with Gasteiger partial charge < -0.3 is 14.6 Å². The summed E-state index contributed by atoms with van der Waals surface area (Å²) < 4.78 is 11.0. The molecule has 4 aliphatic carbocycles. The monoisotopic (exact) mass is 388 g/mol. The van der Waals surface area contributed by atoms with E-state index in [0.29, 0.717) is 29.6 Å². The third-order valence-electron chi connectivity index (χ3n) is 9.86. The topological polar surface area (TPSA) is 55.8 Å². The molecule has 0 bridgehead atoms. The second kappa shape index (κ2) is 6.57. The van der Waals surface area contributed by atoms with Crippen LogP contribution in [0.5, 0.6) is 0 Å². The van der Waals surface area contributed by atoms with Crippen molar-refractivity contribution in [1.82, 2.24) is 0 Å². The van der Waals surface area contributed by atoms with Gasteiger partial charge in [-0.2, -0.15) is 0 Å².